The Kier molecular flexibility index (Phi) is 3.41. The van der Waals surface area contributed by atoms with Gasteiger partial charge in [-0.25, -0.2) is 0 Å². The monoisotopic (exact) mass is 208 g/mol. The Morgan fingerprint density at radius 2 is 2.53 bits per heavy atom. The number of carbonyl (C=O) groups is 1. The van der Waals surface area contributed by atoms with E-state index in [1.807, 2.05) is 4.90 Å². The molecule has 1 amide bonds. The van der Waals surface area contributed by atoms with E-state index in [9.17, 15) is 4.79 Å². The fourth-order valence-electron chi connectivity index (χ4n) is 2.26. The average molecular weight is 208 g/mol. The molecule has 1 saturated heterocycles. The Morgan fingerprint density at radius 1 is 1.67 bits per heavy atom. The average Bonchev–Trinajstić information content (AvgIpc) is 2.71. The standard InChI is InChI=1S/C12H20N2O/c1-10-3-6-14(7-4-10)12(15)8-11-2-5-13-9-11/h3,11,13H,2,4-9H2,1H3. The summed E-state index contributed by atoms with van der Waals surface area (Å²) in [5, 5.41) is 3.31. The second-order valence-corrected chi connectivity index (χ2v) is 4.70. The zero-order chi connectivity index (χ0) is 10.7. The lowest BCUT2D eigenvalue weighted by molar-refractivity contribution is -0.131. The number of amides is 1. The van der Waals surface area contributed by atoms with Crippen LogP contribution in [0.15, 0.2) is 11.6 Å². The van der Waals surface area contributed by atoms with Crippen molar-refractivity contribution in [1.82, 2.24) is 10.2 Å². The lowest BCUT2D eigenvalue weighted by Gasteiger charge is -2.26. The predicted molar refractivity (Wildman–Crippen MR) is 60.5 cm³/mol. The molecule has 15 heavy (non-hydrogen) atoms. The summed E-state index contributed by atoms with van der Waals surface area (Å²) in [5.41, 5.74) is 1.42. The first-order valence-corrected chi connectivity index (χ1v) is 5.90. The molecule has 3 heteroatoms. The third-order valence-corrected chi connectivity index (χ3v) is 3.41. The maximum Gasteiger partial charge on any atom is 0.223 e. The minimum absolute atomic E-state index is 0.340. The van der Waals surface area contributed by atoms with Crippen molar-refractivity contribution < 1.29 is 4.79 Å². The maximum absolute atomic E-state index is 11.9. The number of hydrogen-bond acceptors (Lipinski definition) is 2. The van der Waals surface area contributed by atoms with Crippen molar-refractivity contribution >= 4 is 5.91 Å². The summed E-state index contributed by atoms with van der Waals surface area (Å²) in [5.74, 6) is 0.914. The van der Waals surface area contributed by atoms with Crippen LogP contribution in [0, 0.1) is 5.92 Å². The molecular formula is C12H20N2O. The molecule has 3 nitrogen and oxygen atoms in total. The molecule has 0 saturated carbocycles. The lowest BCUT2D eigenvalue weighted by atomic mass is 10.0. The minimum atomic E-state index is 0.340. The van der Waals surface area contributed by atoms with Gasteiger partial charge in [-0.1, -0.05) is 11.6 Å². The van der Waals surface area contributed by atoms with Crippen LogP contribution in [0.25, 0.3) is 0 Å². The van der Waals surface area contributed by atoms with Crippen molar-refractivity contribution in [3.8, 4) is 0 Å². The molecule has 0 aromatic carbocycles. The Morgan fingerprint density at radius 3 is 3.13 bits per heavy atom. The number of rotatable bonds is 2. The first-order valence-electron chi connectivity index (χ1n) is 5.90. The summed E-state index contributed by atoms with van der Waals surface area (Å²) in [6.45, 7) is 5.99. The maximum atomic E-state index is 11.9. The van der Waals surface area contributed by atoms with E-state index >= 15 is 0 Å². The van der Waals surface area contributed by atoms with Gasteiger partial charge in [-0.3, -0.25) is 4.79 Å². The number of nitrogens with one attached hydrogen (secondary N) is 1. The molecule has 1 fully saturated rings. The second-order valence-electron chi connectivity index (χ2n) is 4.70. The molecule has 1 atom stereocenters. The van der Waals surface area contributed by atoms with Crippen LogP contribution in [0.3, 0.4) is 0 Å². The number of carbonyl (C=O) groups excluding carboxylic acids is 1. The molecule has 2 aliphatic heterocycles. The molecule has 1 N–H and O–H groups in total. The molecule has 2 heterocycles. The Bertz CT molecular complexity index is 267. The van der Waals surface area contributed by atoms with Crippen molar-refractivity contribution in [3.63, 3.8) is 0 Å². The van der Waals surface area contributed by atoms with E-state index in [4.69, 9.17) is 0 Å². The zero-order valence-corrected chi connectivity index (χ0v) is 9.46. The van der Waals surface area contributed by atoms with E-state index in [0.717, 1.165) is 45.4 Å². The summed E-state index contributed by atoms with van der Waals surface area (Å²) in [4.78, 5) is 13.9. The van der Waals surface area contributed by atoms with Crippen LogP contribution >= 0.6 is 0 Å². The normalized spacial score (nSPS) is 26.6. The van der Waals surface area contributed by atoms with Crippen LogP contribution in [-0.2, 0) is 4.79 Å². The highest BCUT2D eigenvalue weighted by Crippen LogP contribution is 2.16. The quantitative estimate of drug-likeness (QED) is 0.691. The van der Waals surface area contributed by atoms with Crippen molar-refractivity contribution in [2.24, 2.45) is 5.92 Å². The molecule has 2 aliphatic rings. The van der Waals surface area contributed by atoms with Crippen LogP contribution in [-0.4, -0.2) is 37.0 Å². The van der Waals surface area contributed by atoms with Crippen LogP contribution in [0.2, 0.25) is 0 Å². The topological polar surface area (TPSA) is 32.3 Å². The summed E-state index contributed by atoms with van der Waals surface area (Å²) in [6, 6.07) is 0. The Hall–Kier alpha value is -0.830. The van der Waals surface area contributed by atoms with Crippen LogP contribution in [0.5, 0.6) is 0 Å². The first kappa shape index (κ1) is 10.7. The van der Waals surface area contributed by atoms with Gasteiger partial charge in [-0.2, -0.15) is 0 Å². The SMILES string of the molecule is CC1=CCN(C(=O)CC2CCNC2)CC1. The highest BCUT2D eigenvalue weighted by Gasteiger charge is 2.22. The minimum Gasteiger partial charge on any atom is -0.339 e. The van der Waals surface area contributed by atoms with Crippen molar-refractivity contribution in [1.29, 1.82) is 0 Å². The predicted octanol–water partition coefficient (Wildman–Crippen LogP) is 1.16. The second kappa shape index (κ2) is 4.79. The van der Waals surface area contributed by atoms with E-state index < -0.39 is 0 Å². The fourth-order valence-corrected chi connectivity index (χ4v) is 2.26. The highest BCUT2D eigenvalue weighted by atomic mass is 16.2. The third kappa shape index (κ3) is 2.81. The largest absolute Gasteiger partial charge is 0.339 e. The van der Waals surface area contributed by atoms with Gasteiger partial charge in [0.1, 0.15) is 0 Å². The fraction of sp³-hybridized carbons (Fsp3) is 0.750. The van der Waals surface area contributed by atoms with Gasteiger partial charge in [-0.05, 0) is 38.8 Å². The van der Waals surface area contributed by atoms with Gasteiger partial charge in [-0.15, -0.1) is 0 Å². The lowest BCUT2D eigenvalue weighted by Crippen LogP contribution is -2.35. The van der Waals surface area contributed by atoms with Gasteiger partial charge in [0.2, 0.25) is 5.91 Å². The van der Waals surface area contributed by atoms with Gasteiger partial charge in [0.15, 0.2) is 0 Å². The smallest absolute Gasteiger partial charge is 0.223 e. The van der Waals surface area contributed by atoms with Crippen LogP contribution in [0.4, 0.5) is 0 Å². The van der Waals surface area contributed by atoms with Gasteiger partial charge in [0.05, 0.1) is 0 Å². The molecule has 1 unspecified atom stereocenters. The summed E-state index contributed by atoms with van der Waals surface area (Å²) >= 11 is 0. The first-order chi connectivity index (χ1) is 7.25. The van der Waals surface area contributed by atoms with Crippen LogP contribution in [0.1, 0.15) is 26.2 Å². The van der Waals surface area contributed by atoms with Gasteiger partial charge < -0.3 is 10.2 Å². The summed E-state index contributed by atoms with van der Waals surface area (Å²) < 4.78 is 0. The van der Waals surface area contributed by atoms with Crippen LogP contribution < -0.4 is 5.32 Å². The molecule has 2 rings (SSSR count). The van der Waals surface area contributed by atoms with Crippen molar-refractivity contribution in [2.75, 3.05) is 26.2 Å². The van der Waals surface area contributed by atoms with Crippen molar-refractivity contribution in [3.05, 3.63) is 11.6 Å². The van der Waals surface area contributed by atoms with E-state index in [0.29, 0.717) is 11.8 Å². The van der Waals surface area contributed by atoms with E-state index in [1.165, 1.54) is 5.57 Å². The molecule has 0 radical (unpaired) electrons. The summed E-state index contributed by atoms with van der Waals surface area (Å²) in [6.07, 6.45) is 5.12. The third-order valence-electron chi connectivity index (χ3n) is 3.41. The summed E-state index contributed by atoms with van der Waals surface area (Å²) in [7, 11) is 0. The Labute approximate surface area is 91.5 Å². The van der Waals surface area contributed by atoms with Gasteiger partial charge in [0.25, 0.3) is 0 Å². The number of hydrogen-bond donors (Lipinski definition) is 1. The molecule has 84 valence electrons. The van der Waals surface area contributed by atoms with Crippen molar-refractivity contribution in [2.45, 2.75) is 26.2 Å². The van der Waals surface area contributed by atoms with E-state index in [-0.39, 0.29) is 0 Å². The van der Waals surface area contributed by atoms with E-state index in [2.05, 4.69) is 18.3 Å². The zero-order valence-electron chi connectivity index (χ0n) is 9.46. The molecular weight excluding hydrogens is 188 g/mol. The van der Waals surface area contributed by atoms with Gasteiger partial charge >= 0.3 is 0 Å². The molecule has 0 bridgehead atoms. The molecule has 0 aromatic heterocycles. The van der Waals surface area contributed by atoms with E-state index in [1.54, 1.807) is 0 Å². The highest BCUT2D eigenvalue weighted by molar-refractivity contribution is 5.76. The molecule has 0 aromatic rings. The molecule has 0 aliphatic carbocycles. The Balaban J connectivity index is 1.80. The van der Waals surface area contributed by atoms with Gasteiger partial charge in [0, 0.05) is 19.5 Å². The molecule has 0 spiro atoms. The number of nitrogens with zero attached hydrogens (tertiary/aromatic N) is 1.